The van der Waals surface area contributed by atoms with Crippen molar-refractivity contribution in [3.63, 3.8) is 0 Å². The maximum absolute atomic E-state index is 11.7. The number of likely N-dealkylation sites (N-methyl/N-ethyl adjacent to an activating group) is 1. The van der Waals surface area contributed by atoms with Crippen LogP contribution in [0.15, 0.2) is 0 Å². The first-order valence-corrected chi connectivity index (χ1v) is 6.94. The molecule has 0 aromatic rings. The number of rotatable bonds is 0. The van der Waals surface area contributed by atoms with Gasteiger partial charge >= 0.3 is 0 Å². The predicted molar refractivity (Wildman–Crippen MR) is 64.0 cm³/mol. The molecule has 18 heavy (non-hydrogen) atoms. The number of hydrogen-bond acceptors (Lipinski definition) is 4. The second-order valence-corrected chi connectivity index (χ2v) is 6.16. The largest absolute Gasteiger partial charge is 0.350 e. The zero-order valence-corrected chi connectivity index (χ0v) is 10.9. The summed E-state index contributed by atoms with van der Waals surface area (Å²) < 4.78 is 11.9. The third-order valence-corrected chi connectivity index (χ3v) is 5.42. The van der Waals surface area contributed by atoms with E-state index >= 15 is 0 Å². The van der Waals surface area contributed by atoms with Gasteiger partial charge < -0.3 is 14.4 Å². The van der Waals surface area contributed by atoms with Gasteiger partial charge in [-0.3, -0.25) is 9.69 Å². The summed E-state index contributed by atoms with van der Waals surface area (Å²) in [6, 6.07) is 0.345. The molecule has 4 unspecified atom stereocenters. The van der Waals surface area contributed by atoms with Crippen LogP contribution in [0.4, 0.5) is 0 Å². The smallest absolute Gasteiger partial charge is 0.236 e. The Bertz CT molecular complexity index is 382. The van der Waals surface area contributed by atoms with Crippen LogP contribution >= 0.6 is 0 Å². The minimum absolute atomic E-state index is 0.0832. The number of hydrogen-bond donors (Lipinski definition) is 0. The number of piperazine rings is 2. The van der Waals surface area contributed by atoms with Crippen LogP contribution in [-0.4, -0.2) is 66.4 Å². The van der Waals surface area contributed by atoms with Gasteiger partial charge in [0.05, 0.1) is 31.3 Å². The molecule has 0 N–H and O–H groups in total. The molecule has 5 aliphatic rings. The first-order valence-electron chi connectivity index (χ1n) is 6.94. The summed E-state index contributed by atoms with van der Waals surface area (Å²) in [5, 5.41) is 0. The van der Waals surface area contributed by atoms with Crippen molar-refractivity contribution in [2.24, 2.45) is 0 Å². The summed E-state index contributed by atoms with van der Waals surface area (Å²) in [5.41, 5.74) is 0.0832. The Hall–Kier alpha value is -0.650. The maximum Gasteiger partial charge on any atom is 0.236 e. The van der Waals surface area contributed by atoms with Crippen LogP contribution in [0.1, 0.15) is 25.7 Å². The fourth-order valence-electron chi connectivity index (χ4n) is 4.12. The quantitative estimate of drug-likeness (QED) is 0.617. The highest BCUT2D eigenvalue weighted by molar-refractivity contribution is 5.81. The van der Waals surface area contributed by atoms with Crippen molar-refractivity contribution in [2.75, 3.05) is 33.4 Å². The highest BCUT2D eigenvalue weighted by Gasteiger charge is 2.63. The number of fused-ring (bicyclic) bond motifs is 2. The van der Waals surface area contributed by atoms with Gasteiger partial charge in [0, 0.05) is 26.4 Å². The molecule has 100 valence electrons. The molecule has 0 saturated carbocycles. The molecule has 0 aromatic carbocycles. The topological polar surface area (TPSA) is 42.0 Å². The van der Waals surface area contributed by atoms with Crippen LogP contribution in [0.2, 0.25) is 0 Å². The molecule has 5 nitrogen and oxygen atoms in total. The van der Waals surface area contributed by atoms with Gasteiger partial charge in [-0.2, -0.15) is 0 Å². The predicted octanol–water partition coefficient (Wildman–Crippen LogP) is 0.198. The molecule has 4 atom stereocenters. The van der Waals surface area contributed by atoms with Crippen LogP contribution < -0.4 is 0 Å². The van der Waals surface area contributed by atoms with Crippen molar-refractivity contribution < 1.29 is 14.3 Å². The molecule has 5 rings (SSSR count). The van der Waals surface area contributed by atoms with E-state index in [9.17, 15) is 4.79 Å². The van der Waals surface area contributed by atoms with Crippen molar-refractivity contribution in [3.05, 3.63) is 0 Å². The van der Waals surface area contributed by atoms with Gasteiger partial charge in [-0.1, -0.05) is 0 Å². The standard InChI is InChI=1S/C13H20N2O3/c1-14-10-7-15(8-11(14)16)12(10)4-5-13(18-9-12)3-2-6-17-13/h10H,2-9H2,1H3. The highest BCUT2D eigenvalue weighted by Crippen LogP contribution is 2.48. The Morgan fingerprint density at radius 3 is 2.78 bits per heavy atom. The summed E-state index contributed by atoms with van der Waals surface area (Å²) in [5.74, 6) is -0.0481. The van der Waals surface area contributed by atoms with Crippen LogP contribution in [0.3, 0.4) is 0 Å². The number of amides is 1. The Labute approximate surface area is 107 Å². The average molecular weight is 252 g/mol. The number of ether oxygens (including phenoxy) is 2. The zero-order valence-electron chi connectivity index (χ0n) is 10.9. The lowest BCUT2D eigenvalue weighted by Crippen LogP contribution is -2.83. The molecule has 0 radical (unpaired) electrons. The number of carbonyl (C=O) groups is 1. The Kier molecular flexibility index (Phi) is 2.16. The maximum atomic E-state index is 11.7. The van der Waals surface area contributed by atoms with Gasteiger partial charge in [-0.15, -0.1) is 0 Å². The zero-order chi connectivity index (χ0) is 12.4. The monoisotopic (exact) mass is 252 g/mol. The van der Waals surface area contributed by atoms with E-state index in [1.807, 2.05) is 11.9 Å². The molecule has 1 amide bonds. The van der Waals surface area contributed by atoms with Gasteiger partial charge in [0.15, 0.2) is 5.79 Å². The van der Waals surface area contributed by atoms with Gasteiger partial charge in [0.25, 0.3) is 0 Å². The summed E-state index contributed by atoms with van der Waals surface area (Å²) in [4.78, 5) is 16.0. The summed E-state index contributed by atoms with van der Waals surface area (Å²) in [6.07, 6.45) is 4.21. The Balaban J connectivity index is 1.53. The minimum Gasteiger partial charge on any atom is -0.350 e. The molecule has 5 heterocycles. The molecule has 5 fully saturated rings. The van der Waals surface area contributed by atoms with Gasteiger partial charge in [-0.05, 0) is 12.8 Å². The normalized spacial score (nSPS) is 50.9. The second kappa shape index (κ2) is 3.46. The van der Waals surface area contributed by atoms with E-state index in [1.165, 1.54) is 0 Å². The molecule has 5 saturated heterocycles. The molecular formula is C13H20N2O3. The SMILES string of the molecule is CN1C(=O)CN2CC1C21CCC2(CCCO2)OC1. The van der Waals surface area contributed by atoms with Crippen molar-refractivity contribution in [1.29, 1.82) is 0 Å². The molecule has 2 bridgehead atoms. The lowest BCUT2D eigenvalue weighted by Gasteiger charge is -2.66. The summed E-state index contributed by atoms with van der Waals surface area (Å²) >= 11 is 0. The van der Waals surface area contributed by atoms with E-state index in [-0.39, 0.29) is 17.2 Å². The van der Waals surface area contributed by atoms with E-state index in [4.69, 9.17) is 9.47 Å². The lowest BCUT2D eigenvalue weighted by molar-refractivity contribution is -0.288. The Morgan fingerprint density at radius 1 is 1.28 bits per heavy atom. The second-order valence-electron chi connectivity index (χ2n) is 6.16. The van der Waals surface area contributed by atoms with E-state index in [0.717, 1.165) is 45.4 Å². The highest BCUT2D eigenvalue weighted by atomic mass is 16.7. The summed E-state index contributed by atoms with van der Waals surface area (Å²) in [7, 11) is 1.93. The minimum atomic E-state index is -0.293. The fourth-order valence-corrected chi connectivity index (χ4v) is 4.12. The molecule has 5 heteroatoms. The van der Waals surface area contributed by atoms with E-state index in [1.54, 1.807) is 0 Å². The van der Waals surface area contributed by atoms with Gasteiger partial charge in [0.2, 0.25) is 5.91 Å². The molecule has 0 aromatic heterocycles. The van der Waals surface area contributed by atoms with Crippen LogP contribution in [-0.2, 0) is 14.3 Å². The Morgan fingerprint density at radius 2 is 2.17 bits per heavy atom. The van der Waals surface area contributed by atoms with Gasteiger partial charge in [0.1, 0.15) is 0 Å². The van der Waals surface area contributed by atoms with Crippen molar-refractivity contribution in [2.45, 2.75) is 43.1 Å². The van der Waals surface area contributed by atoms with Crippen molar-refractivity contribution in [3.8, 4) is 0 Å². The third kappa shape index (κ3) is 1.25. The number of nitrogens with zero attached hydrogens (tertiary/aromatic N) is 2. The molecular weight excluding hydrogens is 232 g/mol. The number of carbonyl (C=O) groups excluding carboxylic acids is 1. The molecule has 0 aliphatic carbocycles. The van der Waals surface area contributed by atoms with Crippen molar-refractivity contribution >= 4 is 5.91 Å². The molecule has 2 spiro atoms. The molecule has 5 aliphatic heterocycles. The lowest BCUT2D eigenvalue weighted by atomic mass is 9.71. The van der Waals surface area contributed by atoms with Crippen LogP contribution in [0.5, 0.6) is 0 Å². The fraction of sp³-hybridized carbons (Fsp3) is 0.923. The first-order chi connectivity index (χ1) is 8.65. The van der Waals surface area contributed by atoms with Crippen LogP contribution in [0, 0.1) is 0 Å². The van der Waals surface area contributed by atoms with E-state index in [0.29, 0.717) is 12.6 Å². The third-order valence-electron chi connectivity index (χ3n) is 5.42. The average Bonchev–Trinajstić information content (AvgIpc) is 2.81. The first kappa shape index (κ1) is 11.2. The van der Waals surface area contributed by atoms with Crippen LogP contribution in [0.25, 0.3) is 0 Å². The van der Waals surface area contributed by atoms with E-state index in [2.05, 4.69) is 4.90 Å². The summed E-state index contributed by atoms with van der Waals surface area (Å²) in [6.45, 7) is 3.12. The van der Waals surface area contributed by atoms with E-state index < -0.39 is 0 Å². The van der Waals surface area contributed by atoms with Gasteiger partial charge in [-0.25, -0.2) is 0 Å². The van der Waals surface area contributed by atoms with Crippen molar-refractivity contribution in [1.82, 2.24) is 9.80 Å².